The van der Waals surface area contributed by atoms with Gasteiger partial charge in [0.2, 0.25) is 0 Å². The zero-order valence-electron chi connectivity index (χ0n) is 7.23. The van der Waals surface area contributed by atoms with Gasteiger partial charge in [-0.2, -0.15) is 12.2 Å². The molecule has 2 heteroatoms. The van der Waals surface area contributed by atoms with Crippen molar-refractivity contribution in [2.75, 3.05) is 0 Å². The molecule has 0 aliphatic heterocycles. The van der Waals surface area contributed by atoms with Crippen LogP contribution in [0.2, 0.25) is 0 Å². The second-order valence-electron chi connectivity index (χ2n) is 2.10. The minimum absolute atomic E-state index is 0.715. The van der Waals surface area contributed by atoms with E-state index in [1.54, 1.807) is 4.09 Å². The maximum atomic E-state index is 8.73. The fourth-order valence-electron chi connectivity index (χ4n) is 0.680. The summed E-state index contributed by atoms with van der Waals surface area (Å²) in [5, 5.41) is 0. The van der Waals surface area contributed by atoms with Crippen LogP contribution >= 0.6 is 0 Å². The van der Waals surface area contributed by atoms with Crippen molar-refractivity contribution in [2.45, 2.75) is 12.8 Å². The van der Waals surface area contributed by atoms with Crippen molar-refractivity contribution in [1.29, 1.82) is 0 Å². The van der Waals surface area contributed by atoms with Crippen molar-refractivity contribution in [3.63, 3.8) is 0 Å². The van der Waals surface area contributed by atoms with Gasteiger partial charge in [-0.05, 0) is 0 Å². The molecule has 0 N–H and O–H groups in total. The van der Waals surface area contributed by atoms with Crippen LogP contribution in [-0.4, -0.2) is 4.09 Å². The molecule has 2 rings (SSSR count). The Balaban J connectivity index is 0.000000174. The van der Waals surface area contributed by atoms with E-state index in [4.69, 9.17) is 4.79 Å². The largest absolute Gasteiger partial charge is 0.273 e. The third-order valence-electron chi connectivity index (χ3n) is 1.17. The molecule has 0 bridgehead atoms. The van der Waals surface area contributed by atoms with Crippen LogP contribution in [0, 0.1) is 12.2 Å². The van der Waals surface area contributed by atoms with E-state index in [0.29, 0.717) is 20.6 Å². The van der Waals surface area contributed by atoms with E-state index in [2.05, 4.69) is 24.3 Å². The normalized spacial score (nSPS) is 14.1. The first kappa shape index (κ1) is 12.3. The number of carbonyl (C=O) groups excluding carboxylic acids is 1. The summed E-state index contributed by atoms with van der Waals surface area (Å²) in [6, 6.07) is 0. The molecular formula is C11H10OTa-2. The summed E-state index contributed by atoms with van der Waals surface area (Å²) in [5.74, 6) is 0. The van der Waals surface area contributed by atoms with Crippen molar-refractivity contribution >= 4 is 4.09 Å². The molecule has 0 saturated heterocycles. The average molecular weight is 339 g/mol. The van der Waals surface area contributed by atoms with Crippen LogP contribution in [0.1, 0.15) is 12.8 Å². The van der Waals surface area contributed by atoms with Crippen molar-refractivity contribution in [3.8, 4) is 0 Å². The van der Waals surface area contributed by atoms with E-state index >= 15 is 0 Å². The molecule has 0 atom stereocenters. The molecule has 0 amide bonds. The van der Waals surface area contributed by atoms with E-state index in [1.165, 1.54) is 0 Å². The van der Waals surface area contributed by atoms with Crippen molar-refractivity contribution in [3.05, 3.63) is 48.6 Å². The Kier molecular flexibility index (Phi) is 10.7. The Bertz CT molecular complexity index is 211. The topological polar surface area (TPSA) is 17.1 Å². The van der Waals surface area contributed by atoms with Gasteiger partial charge in [0.05, 0.1) is 0 Å². The molecule has 0 aromatic carbocycles. The summed E-state index contributed by atoms with van der Waals surface area (Å²) >= 11 is 0.715. The first-order valence-corrected chi connectivity index (χ1v) is 5.47. The zero-order valence-corrected chi connectivity index (χ0v) is 10.4. The van der Waals surface area contributed by atoms with E-state index in [9.17, 15) is 0 Å². The average Bonchev–Trinajstić information content (AvgIpc) is 2.85. The molecule has 0 saturated carbocycles. The summed E-state index contributed by atoms with van der Waals surface area (Å²) in [5.41, 5.74) is 0. The first-order valence-electron chi connectivity index (χ1n) is 3.86. The van der Waals surface area contributed by atoms with Crippen molar-refractivity contribution in [2.24, 2.45) is 0 Å². The van der Waals surface area contributed by atoms with Crippen LogP contribution in [0.3, 0.4) is 0 Å². The Labute approximate surface area is 90.9 Å². The molecular weight excluding hydrogens is 329 g/mol. The standard InChI is InChI=1S/2C5H5.CO.Ta/c2*1-2-4-5-3-1;1-2;/h2*1-3H,4H2;;/q2*-1;;. The van der Waals surface area contributed by atoms with E-state index in [-0.39, 0.29) is 0 Å². The van der Waals surface area contributed by atoms with Gasteiger partial charge in [-0.1, -0.05) is 0 Å². The molecule has 0 aromatic heterocycles. The molecule has 13 heavy (non-hydrogen) atoms. The zero-order chi connectivity index (χ0) is 9.78. The third kappa shape index (κ3) is 11.3. The molecule has 1 nitrogen and oxygen atoms in total. The Hall–Kier alpha value is -0.720. The van der Waals surface area contributed by atoms with E-state index < -0.39 is 0 Å². The molecule has 0 radical (unpaired) electrons. The molecule has 0 aromatic rings. The summed E-state index contributed by atoms with van der Waals surface area (Å²) in [6.45, 7) is 0. The third-order valence-corrected chi connectivity index (χ3v) is 1.17. The molecule has 0 unspecified atom stereocenters. The summed E-state index contributed by atoms with van der Waals surface area (Å²) in [7, 11) is 0. The van der Waals surface area contributed by atoms with Crippen molar-refractivity contribution < 1.29 is 25.4 Å². The molecule has 0 heterocycles. The molecule has 67 valence electrons. The number of hydrogen-bond donors (Lipinski definition) is 0. The number of allylic oxidation sites excluding steroid dienone is 8. The van der Waals surface area contributed by atoms with Gasteiger partial charge in [-0.25, -0.2) is 24.3 Å². The molecule has 0 spiro atoms. The van der Waals surface area contributed by atoms with Gasteiger partial charge in [-0.3, -0.25) is 12.2 Å². The fourth-order valence-corrected chi connectivity index (χ4v) is 0.680. The minimum atomic E-state index is 0.715. The van der Waals surface area contributed by atoms with Gasteiger partial charge in [0.15, 0.2) is 0 Å². The molecule has 0 fully saturated rings. The van der Waals surface area contributed by atoms with Crippen LogP contribution in [-0.2, 0) is 25.4 Å². The maximum Gasteiger partial charge on any atom is -0.109 e. The van der Waals surface area contributed by atoms with Crippen LogP contribution in [0.15, 0.2) is 36.5 Å². The van der Waals surface area contributed by atoms with Gasteiger partial charge >= 0.3 is 29.5 Å². The molecule has 2 aliphatic carbocycles. The SMILES string of the molecule is O=[C]=[Ta].[C-]1=CC=CC1.[C-]1=CC=CC1. The smallest absolute Gasteiger partial charge is 0.109 e. The van der Waals surface area contributed by atoms with Gasteiger partial charge in [-0.15, -0.1) is 12.8 Å². The maximum absolute atomic E-state index is 8.73. The van der Waals surface area contributed by atoms with Gasteiger partial charge in [0.1, 0.15) is 0 Å². The van der Waals surface area contributed by atoms with Crippen LogP contribution in [0.25, 0.3) is 0 Å². The second kappa shape index (κ2) is 11.3. The summed E-state index contributed by atoms with van der Waals surface area (Å²) in [6.07, 6.45) is 20.0. The number of hydrogen-bond acceptors (Lipinski definition) is 1. The number of rotatable bonds is 0. The Morgan fingerprint density at radius 3 is 1.54 bits per heavy atom. The summed E-state index contributed by atoms with van der Waals surface area (Å²) in [4.78, 5) is 8.73. The Morgan fingerprint density at radius 2 is 1.46 bits per heavy atom. The van der Waals surface area contributed by atoms with Crippen molar-refractivity contribution in [1.82, 2.24) is 0 Å². The van der Waals surface area contributed by atoms with E-state index in [1.807, 2.05) is 24.3 Å². The molecule has 2 aliphatic rings. The van der Waals surface area contributed by atoms with Gasteiger partial charge < -0.3 is 0 Å². The van der Waals surface area contributed by atoms with Crippen LogP contribution < -0.4 is 0 Å². The van der Waals surface area contributed by atoms with Gasteiger partial charge in [0.25, 0.3) is 0 Å². The first-order chi connectivity index (χ1) is 6.41. The summed E-state index contributed by atoms with van der Waals surface area (Å²) < 4.78 is 1.61. The monoisotopic (exact) mass is 339 g/mol. The Morgan fingerprint density at radius 1 is 1.08 bits per heavy atom. The predicted molar refractivity (Wildman–Crippen MR) is 48.8 cm³/mol. The second-order valence-corrected chi connectivity index (χ2v) is 2.75. The van der Waals surface area contributed by atoms with Crippen LogP contribution in [0.4, 0.5) is 0 Å². The quantitative estimate of drug-likeness (QED) is 0.619. The van der Waals surface area contributed by atoms with Gasteiger partial charge in [0, 0.05) is 0 Å². The van der Waals surface area contributed by atoms with Crippen LogP contribution in [0.5, 0.6) is 0 Å². The fraction of sp³-hybridized carbons (Fsp3) is 0.182. The minimum Gasteiger partial charge on any atom is -0.273 e. The van der Waals surface area contributed by atoms with E-state index in [0.717, 1.165) is 12.8 Å². The predicted octanol–water partition coefficient (Wildman–Crippen LogP) is 2.21.